The van der Waals surface area contributed by atoms with Gasteiger partial charge in [-0.2, -0.15) is 5.26 Å². The predicted molar refractivity (Wildman–Crippen MR) is 88.2 cm³/mol. The number of hydrogen-bond donors (Lipinski definition) is 1. The summed E-state index contributed by atoms with van der Waals surface area (Å²) in [5.74, 6) is 1.54. The molecule has 0 aliphatic heterocycles. The first-order valence-corrected chi connectivity index (χ1v) is 8.38. The molecular formula is C17H26N2S. The minimum atomic E-state index is -0.402. The van der Waals surface area contributed by atoms with Crippen molar-refractivity contribution < 1.29 is 0 Å². The van der Waals surface area contributed by atoms with Gasteiger partial charge in [-0.25, -0.2) is 0 Å². The Morgan fingerprint density at radius 1 is 1.30 bits per heavy atom. The Morgan fingerprint density at radius 3 is 2.45 bits per heavy atom. The summed E-state index contributed by atoms with van der Waals surface area (Å²) in [6, 6.07) is 11.2. The fourth-order valence-electron chi connectivity index (χ4n) is 1.91. The number of benzene rings is 1. The lowest BCUT2D eigenvalue weighted by molar-refractivity contribution is 0.437. The van der Waals surface area contributed by atoms with Gasteiger partial charge >= 0.3 is 0 Å². The molecular weight excluding hydrogens is 264 g/mol. The minimum absolute atomic E-state index is 0.402. The van der Waals surface area contributed by atoms with E-state index in [1.807, 2.05) is 18.7 Å². The maximum Gasteiger partial charge on any atom is 0.104 e. The summed E-state index contributed by atoms with van der Waals surface area (Å²) in [5.41, 5.74) is 0.974. The number of nitrogens with one attached hydrogen (secondary N) is 1. The molecule has 0 aliphatic carbocycles. The third kappa shape index (κ3) is 5.56. The third-order valence-corrected chi connectivity index (χ3v) is 4.44. The van der Waals surface area contributed by atoms with Gasteiger partial charge in [-0.1, -0.05) is 32.9 Å². The molecule has 3 heteroatoms. The van der Waals surface area contributed by atoms with E-state index in [2.05, 4.69) is 56.4 Å². The van der Waals surface area contributed by atoms with Crippen molar-refractivity contribution in [2.45, 2.75) is 56.9 Å². The van der Waals surface area contributed by atoms with E-state index in [1.165, 1.54) is 10.5 Å². The molecule has 1 unspecified atom stereocenters. The lowest BCUT2D eigenvalue weighted by Gasteiger charge is -2.22. The monoisotopic (exact) mass is 290 g/mol. The maximum absolute atomic E-state index is 9.28. The number of nitriles is 1. The summed E-state index contributed by atoms with van der Waals surface area (Å²) in [6.45, 7) is 9.43. The highest BCUT2D eigenvalue weighted by Gasteiger charge is 2.21. The van der Waals surface area contributed by atoms with Crippen LogP contribution in [0.25, 0.3) is 0 Å². The van der Waals surface area contributed by atoms with E-state index in [1.54, 1.807) is 0 Å². The van der Waals surface area contributed by atoms with Crippen LogP contribution in [0.4, 0.5) is 0 Å². The summed E-state index contributed by atoms with van der Waals surface area (Å²) in [7, 11) is 0. The molecule has 0 bridgehead atoms. The summed E-state index contributed by atoms with van der Waals surface area (Å²) in [5, 5.41) is 12.6. The normalized spacial score (nSPS) is 14.0. The zero-order chi connectivity index (χ0) is 15.0. The maximum atomic E-state index is 9.28. The Morgan fingerprint density at radius 2 is 1.95 bits per heavy atom. The smallest absolute Gasteiger partial charge is 0.104 e. The van der Waals surface area contributed by atoms with Gasteiger partial charge < -0.3 is 0 Å². The van der Waals surface area contributed by atoms with E-state index in [-0.39, 0.29) is 0 Å². The van der Waals surface area contributed by atoms with Gasteiger partial charge in [0.05, 0.1) is 6.07 Å². The van der Waals surface area contributed by atoms with Gasteiger partial charge in [0.25, 0.3) is 0 Å². The quantitative estimate of drug-likeness (QED) is 0.712. The highest BCUT2D eigenvalue weighted by atomic mass is 32.2. The molecule has 1 N–H and O–H groups in total. The summed E-state index contributed by atoms with van der Waals surface area (Å²) < 4.78 is 0. The van der Waals surface area contributed by atoms with Gasteiger partial charge in [0.2, 0.25) is 0 Å². The average Bonchev–Trinajstić information content (AvgIpc) is 2.45. The number of thioether (sulfide) groups is 1. The second kappa shape index (κ2) is 8.34. The fourth-order valence-corrected chi connectivity index (χ4v) is 2.98. The molecule has 1 aromatic rings. The zero-order valence-corrected chi connectivity index (χ0v) is 13.9. The molecule has 1 rings (SSSR count). The van der Waals surface area contributed by atoms with Crippen molar-refractivity contribution in [3.05, 3.63) is 29.8 Å². The van der Waals surface area contributed by atoms with Gasteiger partial charge in [-0.15, -0.1) is 11.8 Å². The number of nitrogens with zero attached hydrogens (tertiary/aromatic N) is 1. The lowest BCUT2D eigenvalue weighted by Crippen LogP contribution is -2.41. The van der Waals surface area contributed by atoms with Crippen molar-refractivity contribution in [1.29, 1.82) is 5.26 Å². The Hall–Kier alpha value is -0.980. The molecule has 0 aromatic heterocycles. The molecule has 0 spiro atoms. The topological polar surface area (TPSA) is 35.8 Å². The van der Waals surface area contributed by atoms with E-state index in [9.17, 15) is 5.26 Å². The van der Waals surface area contributed by atoms with Crippen LogP contribution in [0.3, 0.4) is 0 Å². The lowest BCUT2D eigenvalue weighted by atomic mass is 10.0. The Balaban J connectivity index is 2.45. The van der Waals surface area contributed by atoms with Crippen LogP contribution in [0.5, 0.6) is 0 Å². The SMILES string of the molecule is CCCNC(C)(C#N)CCSc1ccc(C(C)C)cc1. The van der Waals surface area contributed by atoms with Gasteiger partial charge in [-0.3, -0.25) is 5.32 Å². The molecule has 0 saturated carbocycles. The largest absolute Gasteiger partial charge is 0.300 e. The van der Waals surface area contributed by atoms with E-state index < -0.39 is 5.54 Å². The molecule has 1 aromatic carbocycles. The number of rotatable bonds is 8. The van der Waals surface area contributed by atoms with Crippen LogP contribution in [-0.2, 0) is 0 Å². The zero-order valence-electron chi connectivity index (χ0n) is 13.1. The molecule has 1 atom stereocenters. The van der Waals surface area contributed by atoms with Crippen LogP contribution in [-0.4, -0.2) is 17.8 Å². The van der Waals surface area contributed by atoms with Crippen LogP contribution in [0.2, 0.25) is 0 Å². The Bertz CT molecular complexity index is 433. The highest BCUT2D eigenvalue weighted by Crippen LogP contribution is 2.24. The molecule has 0 fully saturated rings. The first kappa shape index (κ1) is 17.1. The van der Waals surface area contributed by atoms with Crippen LogP contribution in [0.15, 0.2) is 29.2 Å². The molecule has 2 nitrogen and oxygen atoms in total. The fraction of sp³-hybridized carbons (Fsp3) is 0.588. The molecule has 0 aliphatic rings. The molecule has 110 valence electrons. The van der Waals surface area contributed by atoms with Gasteiger partial charge in [-0.05, 0) is 49.9 Å². The van der Waals surface area contributed by atoms with Crippen molar-refractivity contribution >= 4 is 11.8 Å². The molecule has 0 heterocycles. The van der Waals surface area contributed by atoms with Crippen LogP contribution < -0.4 is 5.32 Å². The van der Waals surface area contributed by atoms with E-state index >= 15 is 0 Å². The van der Waals surface area contributed by atoms with Gasteiger partial charge in [0.1, 0.15) is 5.54 Å². The van der Waals surface area contributed by atoms with Gasteiger partial charge in [0.15, 0.2) is 0 Å². The van der Waals surface area contributed by atoms with Crippen LogP contribution in [0.1, 0.15) is 52.0 Å². The third-order valence-electron chi connectivity index (χ3n) is 3.43. The van der Waals surface area contributed by atoms with Crippen molar-refractivity contribution in [3.63, 3.8) is 0 Å². The van der Waals surface area contributed by atoms with E-state index in [0.29, 0.717) is 5.92 Å². The minimum Gasteiger partial charge on any atom is -0.300 e. The van der Waals surface area contributed by atoms with Crippen molar-refractivity contribution in [2.24, 2.45) is 0 Å². The molecule has 0 saturated heterocycles. The molecule has 0 radical (unpaired) electrons. The van der Waals surface area contributed by atoms with E-state index in [0.717, 1.165) is 25.1 Å². The van der Waals surface area contributed by atoms with Crippen molar-refractivity contribution in [3.8, 4) is 6.07 Å². The first-order chi connectivity index (χ1) is 9.50. The summed E-state index contributed by atoms with van der Waals surface area (Å²) in [4.78, 5) is 1.28. The molecule has 20 heavy (non-hydrogen) atoms. The predicted octanol–water partition coefficient (Wildman–Crippen LogP) is 4.57. The highest BCUT2D eigenvalue weighted by molar-refractivity contribution is 7.99. The first-order valence-electron chi connectivity index (χ1n) is 7.40. The molecule has 0 amide bonds. The van der Waals surface area contributed by atoms with Crippen LogP contribution >= 0.6 is 11.8 Å². The van der Waals surface area contributed by atoms with Crippen molar-refractivity contribution in [2.75, 3.05) is 12.3 Å². The Labute approximate surface area is 128 Å². The summed E-state index contributed by atoms with van der Waals surface area (Å²) >= 11 is 1.83. The standard InChI is InChI=1S/C17H26N2S/c1-5-11-19-17(4,13-18)10-12-20-16-8-6-15(7-9-16)14(2)3/h6-9,14,19H,5,10-12H2,1-4H3. The van der Waals surface area contributed by atoms with Crippen molar-refractivity contribution in [1.82, 2.24) is 5.32 Å². The average molecular weight is 290 g/mol. The van der Waals surface area contributed by atoms with Crippen LogP contribution in [0, 0.1) is 11.3 Å². The number of hydrogen-bond acceptors (Lipinski definition) is 3. The van der Waals surface area contributed by atoms with Gasteiger partial charge in [0, 0.05) is 10.6 Å². The second-order valence-corrected chi connectivity index (χ2v) is 6.86. The Kier molecular flexibility index (Phi) is 7.12. The summed E-state index contributed by atoms with van der Waals surface area (Å²) in [6.07, 6.45) is 1.92. The van der Waals surface area contributed by atoms with E-state index in [4.69, 9.17) is 0 Å². The second-order valence-electron chi connectivity index (χ2n) is 5.69.